The fraction of sp³-hybridized carbons (Fsp3) is 0.290. The summed E-state index contributed by atoms with van der Waals surface area (Å²) in [7, 11) is 0. The van der Waals surface area contributed by atoms with Crippen LogP contribution in [0.25, 0.3) is 10.9 Å². The van der Waals surface area contributed by atoms with Crippen molar-refractivity contribution in [1.82, 2.24) is 9.88 Å². The molecule has 38 heavy (non-hydrogen) atoms. The Hall–Kier alpha value is -4.10. The van der Waals surface area contributed by atoms with Crippen LogP contribution in [-0.2, 0) is 18.0 Å². The maximum Gasteiger partial charge on any atom is 0.343 e. The zero-order valence-corrected chi connectivity index (χ0v) is 21.3. The van der Waals surface area contributed by atoms with Crippen molar-refractivity contribution in [3.8, 4) is 5.75 Å². The van der Waals surface area contributed by atoms with Gasteiger partial charge >= 0.3 is 5.97 Å². The van der Waals surface area contributed by atoms with Crippen molar-refractivity contribution in [2.24, 2.45) is 0 Å². The SMILES string of the molecule is O=C(OCc1ccccc1)c1cn(C2CC2)c2cc(N3CCNCC3)c(OCc3ccccc3)cc2c1=O. The third kappa shape index (κ3) is 5.15. The minimum atomic E-state index is -0.604. The Morgan fingerprint density at radius 3 is 2.21 bits per heavy atom. The Balaban J connectivity index is 1.40. The lowest BCUT2D eigenvalue weighted by atomic mass is 10.1. The molecule has 7 heteroatoms. The summed E-state index contributed by atoms with van der Waals surface area (Å²) in [6, 6.07) is 23.6. The molecule has 7 nitrogen and oxygen atoms in total. The van der Waals surface area contributed by atoms with Gasteiger partial charge in [-0.05, 0) is 36.1 Å². The summed E-state index contributed by atoms with van der Waals surface area (Å²) in [6.45, 7) is 3.99. The molecule has 1 N–H and O–H groups in total. The number of rotatable bonds is 8. The monoisotopic (exact) mass is 509 g/mol. The molecular formula is C31H31N3O4. The number of carbonyl (C=O) groups is 1. The number of nitrogens with zero attached hydrogens (tertiary/aromatic N) is 2. The lowest BCUT2D eigenvalue weighted by Gasteiger charge is -2.31. The van der Waals surface area contributed by atoms with Crippen LogP contribution in [0.15, 0.2) is 83.8 Å². The van der Waals surface area contributed by atoms with E-state index in [1.807, 2.05) is 66.7 Å². The zero-order valence-electron chi connectivity index (χ0n) is 21.3. The van der Waals surface area contributed by atoms with Crippen LogP contribution in [0.4, 0.5) is 5.69 Å². The Morgan fingerprint density at radius 2 is 1.55 bits per heavy atom. The van der Waals surface area contributed by atoms with E-state index in [0.717, 1.165) is 61.4 Å². The van der Waals surface area contributed by atoms with Crippen LogP contribution in [0, 0.1) is 0 Å². The molecule has 2 fully saturated rings. The number of hydrogen-bond acceptors (Lipinski definition) is 6. The summed E-state index contributed by atoms with van der Waals surface area (Å²) in [5.41, 5.74) is 3.46. The topological polar surface area (TPSA) is 72.8 Å². The van der Waals surface area contributed by atoms with E-state index in [0.29, 0.717) is 17.7 Å². The maximum absolute atomic E-state index is 13.7. The largest absolute Gasteiger partial charge is 0.487 e. The van der Waals surface area contributed by atoms with Gasteiger partial charge in [-0.25, -0.2) is 4.79 Å². The van der Waals surface area contributed by atoms with E-state index in [4.69, 9.17) is 9.47 Å². The molecule has 4 aromatic rings. The number of esters is 1. The van der Waals surface area contributed by atoms with E-state index in [9.17, 15) is 9.59 Å². The molecule has 1 saturated carbocycles. The van der Waals surface area contributed by atoms with Crippen LogP contribution < -0.4 is 20.4 Å². The Bertz CT molecular complexity index is 1490. The van der Waals surface area contributed by atoms with Crippen molar-refractivity contribution in [3.63, 3.8) is 0 Å². The average molecular weight is 510 g/mol. The number of fused-ring (bicyclic) bond motifs is 1. The first-order chi connectivity index (χ1) is 18.7. The predicted octanol–water partition coefficient (Wildman–Crippen LogP) is 4.68. The van der Waals surface area contributed by atoms with Crippen molar-refractivity contribution in [2.45, 2.75) is 32.1 Å². The molecule has 1 saturated heterocycles. The van der Waals surface area contributed by atoms with Crippen molar-refractivity contribution in [3.05, 3.63) is 106 Å². The van der Waals surface area contributed by atoms with Gasteiger partial charge in [0.1, 0.15) is 24.5 Å². The number of carbonyl (C=O) groups excluding carboxylic acids is 1. The maximum atomic E-state index is 13.7. The first kappa shape index (κ1) is 24.2. The highest BCUT2D eigenvalue weighted by Crippen LogP contribution is 2.40. The predicted molar refractivity (Wildman–Crippen MR) is 148 cm³/mol. The van der Waals surface area contributed by atoms with Gasteiger partial charge in [-0.2, -0.15) is 0 Å². The quantitative estimate of drug-likeness (QED) is 0.348. The number of nitrogens with one attached hydrogen (secondary N) is 1. The van der Waals surface area contributed by atoms with Crippen molar-refractivity contribution in [2.75, 3.05) is 31.1 Å². The van der Waals surface area contributed by atoms with Crippen LogP contribution >= 0.6 is 0 Å². The summed E-state index contributed by atoms with van der Waals surface area (Å²) in [4.78, 5) is 29.1. The van der Waals surface area contributed by atoms with Crippen LogP contribution in [0.3, 0.4) is 0 Å². The van der Waals surface area contributed by atoms with Crippen molar-refractivity contribution < 1.29 is 14.3 Å². The minimum Gasteiger partial charge on any atom is -0.487 e. The third-order valence-corrected chi connectivity index (χ3v) is 7.18. The molecule has 0 radical (unpaired) electrons. The van der Waals surface area contributed by atoms with Crippen LogP contribution in [0.5, 0.6) is 5.75 Å². The van der Waals surface area contributed by atoms with E-state index in [2.05, 4.69) is 20.9 Å². The molecule has 0 atom stereocenters. The number of aromatic nitrogens is 1. The van der Waals surface area contributed by atoms with Crippen LogP contribution in [0.2, 0.25) is 0 Å². The number of piperazine rings is 1. The summed E-state index contributed by atoms with van der Waals surface area (Å²) in [6.07, 6.45) is 3.74. The molecule has 0 spiro atoms. The molecule has 0 unspecified atom stereocenters. The van der Waals surface area contributed by atoms with Gasteiger partial charge in [0, 0.05) is 38.4 Å². The highest BCUT2D eigenvalue weighted by atomic mass is 16.5. The van der Waals surface area contributed by atoms with E-state index in [1.54, 1.807) is 6.20 Å². The van der Waals surface area contributed by atoms with Gasteiger partial charge < -0.3 is 24.3 Å². The summed E-state index contributed by atoms with van der Waals surface area (Å²) in [5.74, 6) is 0.0468. The van der Waals surface area contributed by atoms with E-state index in [-0.39, 0.29) is 23.6 Å². The smallest absolute Gasteiger partial charge is 0.343 e. The molecule has 2 heterocycles. The van der Waals surface area contributed by atoms with Crippen LogP contribution in [-0.4, -0.2) is 36.7 Å². The van der Waals surface area contributed by atoms with Gasteiger partial charge in [-0.1, -0.05) is 60.7 Å². The van der Waals surface area contributed by atoms with Gasteiger partial charge in [-0.15, -0.1) is 0 Å². The molecular weight excluding hydrogens is 478 g/mol. The molecule has 194 valence electrons. The van der Waals surface area contributed by atoms with Gasteiger partial charge in [0.15, 0.2) is 0 Å². The lowest BCUT2D eigenvalue weighted by Crippen LogP contribution is -2.43. The highest BCUT2D eigenvalue weighted by molar-refractivity contribution is 5.95. The van der Waals surface area contributed by atoms with Gasteiger partial charge in [-0.3, -0.25) is 4.79 Å². The number of anilines is 1. The first-order valence-corrected chi connectivity index (χ1v) is 13.2. The molecule has 1 aromatic heterocycles. The second-order valence-electron chi connectivity index (χ2n) is 9.92. The van der Waals surface area contributed by atoms with Gasteiger partial charge in [0.25, 0.3) is 0 Å². The number of ether oxygens (including phenoxy) is 2. The first-order valence-electron chi connectivity index (χ1n) is 13.2. The van der Waals surface area contributed by atoms with Gasteiger partial charge in [0.05, 0.1) is 16.6 Å². The molecule has 1 aliphatic carbocycles. The molecule has 0 amide bonds. The summed E-state index contributed by atoms with van der Waals surface area (Å²) < 4.78 is 14.0. The third-order valence-electron chi connectivity index (χ3n) is 7.18. The molecule has 2 aliphatic rings. The molecule has 1 aliphatic heterocycles. The molecule has 6 rings (SSSR count). The van der Waals surface area contributed by atoms with Crippen LogP contribution in [0.1, 0.15) is 40.4 Å². The fourth-order valence-corrected chi connectivity index (χ4v) is 4.97. The summed E-state index contributed by atoms with van der Waals surface area (Å²) >= 11 is 0. The van der Waals surface area contributed by atoms with Gasteiger partial charge in [0.2, 0.25) is 5.43 Å². The second kappa shape index (κ2) is 10.7. The average Bonchev–Trinajstić information content (AvgIpc) is 3.82. The number of benzene rings is 3. The van der Waals surface area contributed by atoms with Crippen molar-refractivity contribution in [1.29, 1.82) is 0 Å². The zero-order chi connectivity index (χ0) is 25.9. The standard InChI is InChI=1S/C31H31N3O4/c35-30-25-17-29(37-20-22-7-3-1-4-8-22)28(33-15-13-32-14-16-33)18-27(25)34(24-11-12-24)19-26(30)31(36)38-21-23-9-5-2-6-10-23/h1-10,17-19,24,32H,11-16,20-21H2. The Kier molecular flexibility index (Phi) is 6.84. The fourth-order valence-electron chi connectivity index (χ4n) is 4.97. The Morgan fingerprint density at radius 1 is 0.895 bits per heavy atom. The highest BCUT2D eigenvalue weighted by Gasteiger charge is 2.29. The van der Waals surface area contributed by atoms with E-state index in [1.165, 1.54) is 0 Å². The van der Waals surface area contributed by atoms with E-state index < -0.39 is 5.97 Å². The summed E-state index contributed by atoms with van der Waals surface area (Å²) in [5, 5.41) is 3.88. The molecule has 0 bridgehead atoms. The van der Waals surface area contributed by atoms with Crippen molar-refractivity contribution >= 4 is 22.6 Å². The number of hydrogen-bond donors (Lipinski definition) is 1. The normalized spacial score (nSPS) is 15.4. The Labute approximate surface area is 221 Å². The lowest BCUT2D eigenvalue weighted by molar-refractivity contribution is 0.0470. The minimum absolute atomic E-state index is 0.0595. The molecule has 3 aromatic carbocycles. The van der Waals surface area contributed by atoms with E-state index >= 15 is 0 Å². The number of pyridine rings is 1. The second-order valence-corrected chi connectivity index (χ2v) is 9.92.